The lowest BCUT2D eigenvalue weighted by Gasteiger charge is -2.30. The highest BCUT2D eigenvalue weighted by molar-refractivity contribution is 7.92. The zero-order valence-electron chi connectivity index (χ0n) is 13.5. The van der Waals surface area contributed by atoms with E-state index in [1.807, 2.05) is 0 Å². The van der Waals surface area contributed by atoms with E-state index in [-0.39, 0.29) is 25.9 Å². The lowest BCUT2D eigenvalue weighted by atomic mass is 10.1. The van der Waals surface area contributed by atoms with E-state index in [9.17, 15) is 34.8 Å². The standard InChI is InChI=1S/C13H16F3N3O5S2/c1-25(21,22)19-7-4-9(5-8-19)18-11(20)10-3-2-6-17-12(10)26(23,24)13(14,15)16/h2-3,6,9H,4-5,7-8H2,1H3,(H,18,20). The number of hydrogen-bond acceptors (Lipinski definition) is 6. The maximum atomic E-state index is 12.8. The number of hydrogen-bond donors (Lipinski definition) is 1. The lowest BCUT2D eigenvalue weighted by molar-refractivity contribution is -0.0438. The fourth-order valence-electron chi connectivity index (χ4n) is 2.48. The number of piperidine rings is 1. The van der Waals surface area contributed by atoms with Gasteiger partial charge in [0.05, 0.1) is 11.8 Å². The first-order chi connectivity index (χ1) is 11.8. The molecule has 1 aliphatic heterocycles. The van der Waals surface area contributed by atoms with Gasteiger partial charge in [-0.15, -0.1) is 0 Å². The molecule has 1 amide bonds. The smallest absolute Gasteiger partial charge is 0.349 e. The molecule has 2 heterocycles. The second kappa shape index (κ2) is 7.12. The summed E-state index contributed by atoms with van der Waals surface area (Å²) < 4.78 is 85.5. The van der Waals surface area contributed by atoms with Gasteiger partial charge in [0.2, 0.25) is 10.0 Å². The minimum Gasteiger partial charge on any atom is -0.349 e. The number of rotatable bonds is 4. The van der Waals surface area contributed by atoms with Gasteiger partial charge in [0.25, 0.3) is 15.7 Å². The number of sulfone groups is 1. The van der Waals surface area contributed by atoms with Crippen LogP contribution in [0.2, 0.25) is 0 Å². The molecule has 0 bridgehead atoms. The lowest BCUT2D eigenvalue weighted by Crippen LogP contribution is -2.46. The van der Waals surface area contributed by atoms with Gasteiger partial charge in [-0.3, -0.25) is 4.79 Å². The van der Waals surface area contributed by atoms with Gasteiger partial charge in [-0.05, 0) is 25.0 Å². The van der Waals surface area contributed by atoms with Gasteiger partial charge in [-0.2, -0.15) is 13.2 Å². The minimum absolute atomic E-state index is 0.143. The Kier molecular flexibility index (Phi) is 5.63. The third-order valence-corrected chi connectivity index (χ3v) is 6.58. The Morgan fingerprint density at radius 3 is 2.31 bits per heavy atom. The monoisotopic (exact) mass is 415 g/mol. The van der Waals surface area contributed by atoms with Crippen LogP contribution in [-0.4, -0.2) is 62.9 Å². The van der Waals surface area contributed by atoms with E-state index in [0.717, 1.165) is 24.6 Å². The number of carbonyl (C=O) groups is 1. The summed E-state index contributed by atoms with van der Waals surface area (Å²) in [5.74, 6) is -1.02. The highest BCUT2D eigenvalue weighted by Gasteiger charge is 2.49. The summed E-state index contributed by atoms with van der Waals surface area (Å²) in [6, 6.07) is 1.59. The molecule has 0 atom stereocenters. The largest absolute Gasteiger partial charge is 0.503 e. The van der Waals surface area contributed by atoms with E-state index in [1.54, 1.807) is 0 Å². The highest BCUT2D eigenvalue weighted by Crippen LogP contribution is 2.30. The van der Waals surface area contributed by atoms with Gasteiger partial charge in [0.1, 0.15) is 0 Å². The van der Waals surface area contributed by atoms with Crippen molar-refractivity contribution in [3.8, 4) is 0 Å². The second-order valence-corrected chi connectivity index (χ2v) is 9.55. The number of sulfonamides is 1. The summed E-state index contributed by atoms with van der Waals surface area (Å²) in [6.45, 7) is 0.287. The molecule has 2 rings (SSSR count). The van der Waals surface area contributed by atoms with Gasteiger partial charge < -0.3 is 5.32 Å². The molecular formula is C13H16F3N3O5S2. The number of nitrogens with one attached hydrogen (secondary N) is 1. The summed E-state index contributed by atoms with van der Waals surface area (Å²) in [5, 5.41) is 1.08. The van der Waals surface area contributed by atoms with Gasteiger partial charge in [0, 0.05) is 25.3 Å². The number of alkyl halides is 3. The number of nitrogens with zero attached hydrogens (tertiary/aromatic N) is 2. The molecule has 0 spiro atoms. The SMILES string of the molecule is CS(=O)(=O)N1CCC(NC(=O)c2cccnc2S(=O)(=O)C(F)(F)F)CC1. The summed E-state index contributed by atoms with van der Waals surface area (Å²) in [5.41, 5.74) is -6.30. The van der Waals surface area contributed by atoms with E-state index in [2.05, 4.69) is 10.3 Å². The van der Waals surface area contributed by atoms with Gasteiger partial charge in [-0.25, -0.2) is 26.1 Å². The Morgan fingerprint density at radius 1 is 1.23 bits per heavy atom. The van der Waals surface area contributed by atoms with Gasteiger partial charge >= 0.3 is 5.51 Å². The van der Waals surface area contributed by atoms with Crippen molar-refractivity contribution in [3.63, 3.8) is 0 Å². The highest BCUT2D eigenvalue weighted by atomic mass is 32.2. The van der Waals surface area contributed by atoms with Gasteiger partial charge in [0.15, 0.2) is 5.03 Å². The molecule has 8 nitrogen and oxygen atoms in total. The molecule has 0 unspecified atom stereocenters. The van der Waals surface area contributed by atoms with E-state index in [1.165, 1.54) is 4.31 Å². The predicted molar refractivity (Wildman–Crippen MR) is 84.4 cm³/mol. The molecule has 1 aromatic rings. The van der Waals surface area contributed by atoms with E-state index < -0.39 is 47.9 Å². The summed E-state index contributed by atoms with van der Waals surface area (Å²) >= 11 is 0. The summed E-state index contributed by atoms with van der Waals surface area (Å²) in [7, 11) is -9.15. The van der Waals surface area contributed by atoms with Crippen molar-refractivity contribution in [1.29, 1.82) is 0 Å². The number of aromatic nitrogens is 1. The maximum Gasteiger partial charge on any atom is 0.503 e. The average Bonchev–Trinajstić information content (AvgIpc) is 2.53. The minimum atomic E-state index is -5.78. The van der Waals surface area contributed by atoms with Crippen LogP contribution in [0.5, 0.6) is 0 Å². The molecule has 0 saturated carbocycles. The molecule has 1 saturated heterocycles. The first-order valence-corrected chi connectivity index (χ1v) is 10.7. The van der Waals surface area contributed by atoms with Crippen LogP contribution in [0.3, 0.4) is 0 Å². The summed E-state index contributed by atoms with van der Waals surface area (Å²) in [6.07, 6.45) is 2.40. The molecule has 146 valence electrons. The zero-order chi connectivity index (χ0) is 19.8. The number of halogens is 3. The third-order valence-electron chi connectivity index (χ3n) is 3.83. The molecule has 0 aromatic carbocycles. The maximum absolute atomic E-state index is 12.8. The van der Waals surface area contributed by atoms with Crippen molar-refractivity contribution >= 4 is 25.8 Å². The van der Waals surface area contributed by atoms with Crippen LogP contribution >= 0.6 is 0 Å². The van der Waals surface area contributed by atoms with E-state index in [0.29, 0.717) is 0 Å². The molecule has 1 N–H and O–H groups in total. The molecule has 0 radical (unpaired) electrons. The second-order valence-electron chi connectivity index (χ2n) is 5.72. The molecule has 13 heteroatoms. The normalized spacial score (nSPS) is 17.8. The van der Waals surface area contributed by atoms with Crippen LogP contribution in [0.25, 0.3) is 0 Å². The number of amides is 1. The molecular weight excluding hydrogens is 399 g/mol. The Balaban J connectivity index is 2.18. The van der Waals surface area contributed by atoms with Crippen LogP contribution in [-0.2, 0) is 19.9 Å². The molecule has 1 fully saturated rings. The average molecular weight is 415 g/mol. The Morgan fingerprint density at radius 2 is 1.81 bits per heavy atom. The Labute approximate surface area is 148 Å². The Bertz CT molecular complexity index is 892. The number of carbonyl (C=O) groups excluding carboxylic acids is 1. The fraction of sp³-hybridized carbons (Fsp3) is 0.538. The van der Waals surface area contributed by atoms with Crippen LogP contribution in [0.4, 0.5) is 13.2 Å². The van der Waals surface area contributed by atoms with Crippen LogP contribution < -0.4 is 5.32 Å². The first kappa shape index (κ1) is 20.6. The van der Waals surface area contributed by atoms with Crippen molar-refractivity contribution < 1.29 is 34.8 Å². The van der Waals surface area contributed by atoms with Crippen molar-refractivity contribution in [2.24, 2.45) is 0 Å². The van der Waals surface area contributed by atoms with Crippen LogP contribution in [0.1, 0.15) is 23.2 Å². The third kappa shape index (κ3) is 4.32. The molecule has 1 aromatic heterocycles. The van der Waals surface area contributed by atoms with Crippen molar-refractivity contribution in [1.82, 2.24) is 14.6 Å². The van der Waals surface area contributed by atoms with Crippen LogP contribution in [0.15, 0.2) is 23.4 Å². The molecule has 1 aliphatic rings. The Hall–Kier alpha value is -1.73. The summed E-state index contributed by atoms with van der Waals surface area (Å²) in [4.78, 5) is 15.5. The van der Waals surface area contributed by atoms with Gasteiger partial charge in [-0.1, -0.05) is 0 Å². The van der Waals surface area contributed by atoms with Crippen LogP contribution in [0, 0.1) is 0 Å². The van der Waals surface area contributed by atoms with Crippen molar-refractivity contribution in [2.75, 3.05) is 19.3 Å². The zero-order valence-corrected chi connectivity index (χ0v) is 15.2. The predicted octanol–water partition coefficient (Wildman–Crippen LogP) is 0.529. The number of pyridine rings is 1. The van der Waals surface area contributed by atoms with Crippen molar-refractivity contribution in [3.05, 3.63) is 23.9 Å². The van der Waals surface area contributed by atoms with E-state index >= 15 is 0 Å². The first-order valence-electron chi connectivity index (χ1n) is 7.36. The van der Waals surface area contributed by atoms with E-state index in [4.69, 9.17) is 0 Å². The quantitative estimate of drug-likeness (QED) is 0.768. The topological polar surface area (TPSA) is 114 Å². The molecule has 0 aliphatic carbocycles. The van der Waals surface area contributed by atoms with Crippen molar-refractivity contribution in [2.45, 2.75) is 29.4 Å². The molecule has 26 heavy (non-hydrogen) atoms. The fourth-order valence-corrected chi connectivity index (χ4v) is 4.23.